The van der Waals surface area contributed by atoms with Crippen LogP contribution in [0, 0.1) is 6.92 Å². The summed E-state index contributed by atoms with van der Waals surface area (Å²) in [4.78, 5) is 4.63. The molecule has 0 bridgehead atoms. The van der Waals surface area contributed by atoms with E-state index in [2.05, 4.69) is 30.1 Å². The zero-order chi connectivity index (χ0) is 11.8. The predicted molar refractivity (Wildman–Crippen MR) is 81.5 cm³/mol. The van der Waals surface area contributed by atoms with E-state index >= 15 is 0 Å². The molecule has 0 spiro atoms. The van der Waals surface area contributed by atoms with Crippen molar-refractivity contribution in [1.82, 2.24) is 4.98 Å². The van der Waals surface area contributed by atoms with Crippen LogP contribution in [0.5, 0.6) is 0 Å². The molecular weight excluding hydrogens is 264 g/mol. The smallest absolute Gasteiger partial charge is 0.124 e. The van der Waals surface area contributed by atoms with Gasteiger partial charge in [-0.3, -0.25) is 0 Å². The van der Waals surface area contributed by atoms with E-state index in [9.17, 15) is 0 Å². The fourth-order valence-corrected chi connectivity index (χ4v) is 2.85. The van der Waals surface area contributed by atoms with Crippen LogP contribution in [0.3, 0.4) is 0 Å². The highest BCUT2D eigenvalue weighted by atomic mass is 35.5. The van der Waals surface area contributed by atoms with Crippen molar-refractivity contribution >= 4 is 39.6 Å². The minimum absolute atomic E-state index is 0. The summed E-state index contributed by atoms with van der Waals surface area (Å²) < 4.78 is 1.23. The van der Waals surface area contributed by atoms with Gasteiger partial charge in [0, 0.05) is 11.3 Å². The molecule has 4 heteroatoms. The number of anilines is 1. The Hall–Kier alpha value is -1.58. The summed E-state index contributed by atoms with van der Waals surface area (Å²) >= 11 is 1.72. The maximum Gasteiger partial charge on any atom is 0.124 e. The predicted octanol–water partition coefficient (Wildman–Crippen LogP) is 4.28. The van der Waals surface area contributed by atoms with Crippen molar-refractivity contribution in [2.24, 2.45) is 0 Å². The Morgan fingerprint density at radius 3 is 2.50 bits per heavy atom. The first-order valence-electron chi connectivity index (χ1n) is 5.45. The maximum absolute atomic E-state index is 5.68. The average Bonchev–Trinajstić information content (AvgIpc) is 2.72. The average molecular weight is 277 g/mol. The van der Waals surface area contributed by atoms with Crippen LogP contribution >= 0.6 is 23.7 Å². The van der Waals surface area contributed by atoms with Gasteiger partial charge >= 0.3 is 0 Å². The van der Waals surface area contributed by atoms with Gasteiger partial charge < -0.3 is 5.73 Å². The zero-order valence-electron chi connectivity index (χ0n) is 9.88. The van der Waals surface area contributed by atoms with E-state index < -0.39 is 0 Å². The fraction of sp³-hybridized carbons (Fsp3) is 0.0714. The number of hydrogen-bond donors (Lipinski definition) is 1. The van der Waals surface area contributed by atoms with Gasteiger partial charge in [0.2, 0.25) is 0 Å². The molecule has 0 amide bonds. The lowest BCUT2D eigenvalue weighted by atomic mass is 10.2. The van der Waals surface area contributed by atoms with Crippen molar-refractivity contribution in [2.75, 3.05) is 5.73 Å². The number of nitrogen functional groups attached to an aromatic ring is 1. The molecule has 0 radical (unpaired) electrons. The van der Waals surface area contributed by atoms with E-state index in [1.54, 1.807) is 11.3 Å². The summed E-state index contributed by atoms with van der Waals surface area (Å²) in [6.45, 7) is 2.10. The number of nitrogens with two attached hydrogens (primary N) is 1. The minimum Gasteiger partial charge on any atom is -0.399 e. The molecule has 0 fully saturated rings. The number of aryl methyl sites for hydroxylation is 1. The van der Waals surface area contributed by atoms with Crippen molar-refractivity contribution in [1.29, 1.82) is 0 Å². The second-order valence-corrected chi connectivity index (χ2v) is 5.14. The third-order valence-electron chi connectivity index (χ3n) is 2.70. The normalized spacial score (nSPS) is 10.3. The number of hydrogen-bond acceptors (Lipinski definition) is 3. The molecule has 3 aromatic rings. The van der Waals surface area contributed by atoms with Gasteiger partial charge in [-0.2, -0.15) is 0 Å². The SMILES string of the molecule is Cc1ccc2nc(-c3ccc(N)cc3)sc2c1.Cl. The third-order valence-corrected chi connectivity index (χ3v) is 3.77. The second-order valence-electron chi connectivity index (χ2n) is 4.11. The fourth-order valence-electron chi connectivity index (χ4n) is 1.78. The molecule has 2 N–H and O–H groups in total. The number of rotatable bonds is 1. The summed E-state index contributed by atoms with van der Waals surface area (Å²) in [5.41, 5.74) is 9.92. The van der Waals surface area contributed by atoms with Crippen molar-refractivity contribution in [3.63, 3.8) is 0 Å². The van der Waals surface area contributed by atoms with Crippen LogP contribution < -0.4 is 5.73 Å². The largest absolute Gasteiger partial charge is 0.399 e. The molecule has 18 heavy (non-hydrogen) atoms. The van der Waals surface area contributed by atoms with E-state index in [4.69, 9.17) is 5.73 Å². The Morgan fingerprint density at radius 1 is 1.06 bits per heavy atom. The van der Waals surface area contributed by atoms with E-state index in [1.807, 2.05) is 24.3 Å². The van der Waals surface area contributed by atoms with E-state index in [0.717, 1.165) is 21.8 Å². The van der Waals surface area contributed by atoms with Gasteiger partial charge in [0.05, 0.1) is 10.2 Å². The summed E-state index contributed by atoms with van der Waals surface area (Å²) in [7, 11) is 0. The number of benzene rings is 2. The topological polar surface area (TPSA) is 38.9 Å². The van der Waals surface area contributed by atoms with Crippen LogP contribution in [-0.4, -0.2) is 4.98 Å². The molecule has 2 nitrogen and oxygen atoms in total. The molecule has 92 valence electrons. The number of fused-ring (bicyclic) bond motifs is 1. The van der Waals surface area contributed by atoms with Crippen molar-refractivity contribution in [3.05, 3.63) is 48.0 Å². The van der Waals surface area contributed by atoms with Crippen molar-refractivity contribution < 1.29 is 0 Å². The van der Waals surface area contributed by atoms with Crippen LogP contribution in [0.15, 0.2) is 42.5 Å². The molecule has 0 aliphatic carbocycles. The van der Waals surface area contributed by atoms with Crippen LogP contribution in [0.2, 0.25) is 0 Å². The van der Waals surface area contributed by atoms with Crippen LogP contribution in [0.25, 0.3) is 20.8 Å². The summed E-state index contributed by atoms with van der Waals surface area (Å²) in [6, 6.07) is 14.2. The number of aromatic nitrogens is 1. The lowest BCUT2D eigenvalue weighted by Gasteiger charge is -1.95. The molecular formula is C14H13ClN2S. The Morgan fingerprint density at radius 2 is 1.78 bits per heavy atom. The molecule has 0 saturated carbocycles. The van der Waals surface area contributed by atoms with Gasteiger partial charge in [-0.05, 0) is 48.9 Å². The third kappa shape index (κ3) is 2.33. The molecule has 1 aromatic heterocycles. The van der Waals surface area contributed by atoms with Gasteiger partial charge in [0.15, 0.2) is 0 Å². The molecule has 0 aliphatic heterocycles. The number of thiazole rings is 1. The van der Waals surface area contributed by atoms with E-state index in [0.29, 0.717) is 0 Å². The van der Waals surface area contributed by atoms with Crippen molar-refractivity contribution in [3.8, 4) is 10.6 Å². The first-order valence-corrected chi connectivity index (χ1v) is 6.27. The summed E-state index contributed by atoms with van der Waals surface area (Å²) in [5, 5.41) is 1.05. The van der Waals surface area contributed by atoms with Gasteiger partial charge in [-0.25, -0.2) is 4.98 Å². The highest BCUT2D eigenvalue weighted by Gasteiger charge is 2.05. The molecule has 0 unspecified atom stereocenters. The number of halogens is 1. The summed E-state index contributed by atoms with van der Waals surface area (Å²) in [5.74, 6) is 0. The quantitative estimate of drug-likeness (QED) is 0.674. The molecule has 0 atom stereocenters. The van der Waals surface area contributed by atoms with Crippen LogP contribution in [-0.2, 0) is 0 Å². The molecule has 0 aliphatic rings. The Balaban J connectivity index is 0.00000120. The molecule has 3 rings (SSSR count). The van der Waals surface area contributed by atoms with Gasteiger partial charge in [-0.1, -0.05) is 6.07 Å². The van der Waals surface area contributed by atoms with Gasteiger partial charge in [0.1, 0.15) is 5.01 Å². The monoisotopic (exact) mass is 276 g/mol. The highest BCUT2D eigenvalue weighted by Crippen LogP contribution is 2.30. The molecule has 2 aromatic carbocycles. The lowest BCUT2D eigenvalue weighted by Crippen LogP contribution is -1.83. The van der Waals surface area contributed by atoms with Gasteiger partial charge in [0.25, 0.3) is 0 Å². The molecule has 0 saturated heterocycles. The standard InChI is InChI=1S/C14H12N2S.ClH/c1-9-2-7-12-13(8-9)17-14(16-12)10-3-5-11(15)6-4-10;/h2-8H,15H2,1H3;1H. The van der Waals surface area contributed by atoms with Crippen molar-refractivity contribution in [2.45, 2.75) is 6.92 Å². The second kappa shape index (κ2) is 4.96. The minimum atomic E-state index is 0. The molecule has 1 heterocycles. The van der Waals surface area contributed by atoms with E-state index in [-0.39, 0.29) is 12.4 Å². The Bertz CT molecular complexity index is 674. The van der Waals surface area contributed by atoms with Crippen LogP contribution in [0.4, 0.5) is 5.69 Å². The first kappa shape index (κ1) is 12.9. The zero-order valence-corrected chi connectivity index (χ0v) is 11.5. The number of nitrogens with zero attached hydrogens (tertiary/aromatic N) is 1. The first-order chi connectivity index (χ1) is 8.22. The van der Waals surface area contributed by atoms with E-state index in [1.165, 1.54) is 10.3 Å². The maximum atomic E-state index is 5.68. The summed E-state index contributed by atoms with van der Waals surface area (Å²) in [6.07, 6.45) is 0. The van der Waals surface area contributed by atoms with Gasteiger partial charge in [-0.15, -0.1) is 23.7 Å². The Labute approximate surface area is 116 Å². The Kier molecular flexibility index (Phi) is 3.55. The van der Waals surface area contributed by atoms with Crippen LogP contribution in [0.1, 0.15) is 5.56 Å². The highest BCUT2D eigenvalue weighted by molar-refractivity contribution is 7.21. The lowest BCUT2D eigenvalue weighted by molar-refractivity contribution is 1.45.